The highest BCUT2D eigenvalue weighted by molar-refractivity contribution is 5.82. The molecule has 0 N–H and O–H groups in total. The number of cyclic esters (lactones) is 1. The molecule has 1 saturated heterocycles. The van der Waals surface area contributed by atoms with Crippen LogP contribution in [0, 0.1) is 0 Å². The Morgan fingerprint density at radius 2 is 1.76 bits per heavy atom. The molecule has 0 radical (unpaired) electrons. The molecule has 1 spiro atoms. The first-order chi connectivity index (χ1) is 12.0. The number of fused-ring (bicyclic) bond motifs is 5. The number of esters is 1. The predicted octanol–water partition coefficient (Wildman–Crippen LogP) is 5.37. The number of rotatable bonds is 2. The maximum absolute atomic E-state index is 11.9. The van der Waals surface area contributed by atoms with Gasteiger partial charge < -0.3 is 4.74 Å². The minimum absolute atomic E-state index is 0.0569. The Kier molecular flexibility index (Phi) is 3.94. The van der Waals surface area contributed by atoms with E-state index in [4.69, 9.17) is 4.74 Å². The molecule has 1 atom stereocenters. The van der Waals surface area contributed by atoms with Crippen molar-refractivity contribution in [3.05, 3.63) is 58.7 Å². The van der Waals surface area contributed by atoms with Gasteiger partial charge in [0.1, 0.15) is 0 Å². The van der Waals surface area contributed by atoms with Crippen LogP contribution >= 0.6 is 0 Å². The molecule has 0 amide bonds. The monoisotopic (exact) mass is 334 g/mol. The highest BCUT2D eigenvalue weighted by Gasteiger charge is 2.44. The number of ether oxygens (including phenoxy) is 1. The summed E-state index contributed by atoms with van der Waals surface area (Å²) >= 11 is 0. The van der Waals surface area contributed by atoms with Crippen molar-refractivity contribution in [3.8, 4) is 11.1 Å². The Morgan fingerprint density at radius 3 is 2.48 bits per heavy atom. The SMILES string of the molecule is CCc1ccc2c(c1)C1(CCOC(=O)CC1)c1cc(C(C)C)ccc1-2. The van der Waals surface area contributed by atoms with Crippen LogP contribution < -0.4 is 0 Å². The first-order valence-electron chi connectivity index (χ1n) is 9.49. The van der Waals surface area contributed by atoms with Gasteiger partial charge in [0.2, 0.25) is 0 Å². The second-order valence-corrected chi connectivity index (χ2v) is 7.75. The van der Waals surface area contributed by atoms with Crippen LogP contribution in [0.3, 0.4) is 0 Å². The van der Waals surface area contributed by atoms with Crippen LogP contribution in [0.15, 0.2) is 36.4 Å². The van der Waals surface area contributed by atoms with Gasteiger partial charge in [0.15, 0.2) is 0 Å². The molecule has 2 aromatic carbocycles. The summed E-state index contributed by atoms with van der Waals surface area (Å²) in [4.78, 5) is 11.9. The van der Waals surface area contributed by atoms with Crippen molar-refractivity contribution in [2.45, 2.75) is 57.8 Å². The van der Waals surface area contributed by atoms with E-state index < -0.39 is 0 Å². The second-order valence-electron chi connectivity index (χ2n) is 7.75. The smallest absolute Gasteiger partial charge is 0.305 e. The molecule has 25 heavy (non-hydrogen) atoms. The highest BCUT2D eigenvalue weighted by atomic mass is 16.5. The van der Waals surface area contributed by atoms with Crippen molar-refractivity contribution in [2.75, 3.05) is 6.61 Å². The number of hydrogen-bond acceptors (Lipinski definition) is 2. The largest absolute Gasteiger partial charge is 0.466 e. The molecule has 2 nitrogen and oxygen atoms in total. The van der Waals surface area contributed by atoms with Crippen LogP contribution in [0.2, 0.25) is 0 Å². The molecule has 0 bridgehead atoms. The van der Waals surface area contributed by atoms with Gasteiger partial charge >= 0.3 is 5.97 Å². The van der Waals surface area contributed by atoms with Crippen molar-refractivity contribution < 1.29 is 9.53 Å². The Morgan fingerprint density at radius 1 is 1.04 bits per heavy atom. The molecule has 0 aromatic heterocycles. The van der Waals surface area contributed by atoms with E-state index in [1.54, 1.807) is 0 Å². The number of hydrogen-bond donors (Lipinski definition) is 0. The molecule has 1 fully saturated rings. The molecule has 2 aliphatic rings. The highest BCUT2D eigenvalue weighted by Crippen LogP contribution is 2.54. The van der Waals surface area contributed by atoms with Crippen molar-refractivity contribution in [1.29, 1.82) is 0 Å². The van der Waals surface area contributed by atoms with Gasteiger partial charge in [0.05, 0.1) is 6.61 Å². The Labute approximate surface area is 150 Å². The first kappa shape index (κ1) is 16.4. The first-order valence-corrected chi connectivity index (χ1v) is 9.49. The van der Waals surface area contributed by atoms with E-state index in [2.05, 4.69) is 57.2 Å². The van der Waals surface area contributed by atoms with Gasteiger partial charge in [-0.05, 0) is 58.6 Å². The minimum atomic E-state index is -0.0765. The minimum Gasteiger partial charge on any atom is -0.466 e. The lowest BCUT2D eigenvalue weighted by Crippen LogP contribution is -2.26. The summed E-state index contributed by atoms with van der Waals surface area (Å²) in [5.74, 6) is 0.444. The lowest BCUT2D eigenvalue weighted by Gasteiger charge is -2.30. The van der Waals surface area contributed by atoms with Crippen LogP contribution in [-0.4, -0.2) is 12.6 Å². The summed E-state index contributed by atoms with van der Waals surface area (Å²) in [6, 6.07) is 13.8. The molecule has 130 valence electrons. The van der Waals surface area contributed by atoms with E-state index in [0.29, 0.717) is 18.9 Å². The molecule has 2 aromatic rings. The molecular weight excluding hydrogens is 308 g/mol. The van der Waals surface area contributed by atoms with E-state index in [1.165, 1.54) is 33.4 Å². The van der Waals surface area contributed by atoms with Gasteiger partial charge in [0, 0.05) is 11.8 Å². The van der Waals surface area contributed by atoms with Gasteiger partial charge in [-0.15, -0.1) is 0 Å². The maximum atomic E-state index is 11.9. The van der Waals surface area contributed by atoms with Gasteiger partial charge in [-0.1, -0.05) is 57.2 Å². The fourth-order valence-electron chi connectivity index (χ4n) is 4.53. The molecule has 0 saturated carbocycles. The fourth-order valence-corrected chi connectivity index (χ4v) is 4.53. The van der Waals surface area contributed by atoms with Crippen LogP contribution in [0.1, 0.15) is 68.2 Å². The summed E-state index contributed by atoms with van der Waals surface area (Å²) in [6.07, 6.45) is 3.27. The zero-order chi connectivity index (χ0) is 17.6. The third-order valence-electron chi connectivity index (χ3n) is 6.07. The van der Waals surface area contributed by atoms with E-state index in [0.717, 1.165) is 19.3 Å². The quantitative estimate of drug-likeness (QED) is 0.691. The third-order valence-corrected chi connectivity index (χ3v) is 6.07. The molecule has 4 rings (SSSR count). The number of carbonyl (C=O) groups excluding carboxylic acids is 1. The molecule has 2 heteroatoms. The summed E-state index contributed by atoms with van der Waals surface area (Å²) in [5.41, 5.74) is 8.16. The second kappa shape index (κ2) is 6.01. The van der Waals surface area contributed by atoms with Crippen LogP contribution in [0.5, 0.6) is 0 Å². The van der Waals surface area contributed by atoms with Crippen LogP contribution in [0.4, 0.5) is 0 Å². The summed E-state index contributed by atoms with van der Waals surface area (Å²) < 4.78 is 5.41. The van der Waals surface area contributed by atoms with Crippen molar-refractivity contribution in [3.63, 3.8) is 0 Å². The van der Waals surface area contributed by atoms with Crippen molar-refractivity contribution in [1.82, 2.24) is 0 Å². The van der Waals surface area contributed by atoms with Crippen molar-refractivity contribution in [2.24, 2.45) is 0 Å². The molecular formula is C23H26O2. The lowest BCUT2D eigenvalue weighted by molar-refractivity contribution is -0.142. The maximum Gasteiger partial charge on any atom is 0.305 e. The average molecular weight is 334 g/mol. The normalized spacial score (nSPS) is 21.8. The zero-order valence-electron chi connectivity index (χ0n) is 15.4. The van der Waals surface area contributed by atoms with Crippen molar-refractivity contribution >= 4 is 5.97 Å². The van der Waals surface area contributed by atoms with Gasteiger partial charge in [0.25, 0.3) is 0 Å². The molecule has 1 aliphatic heterocycles. The zero-order valence-corrected chi connectivity index (χ0v) is 15.4. The standard InChI is InChI=1S/C23H26O2/c1-4-16-5-7-18-19-8-6-17(15(2)3)14-21(19)23(20(18)13-16)10-9-22(24)25-12-11-23/h5-8,13-15H,4,9-12H2,1-3H3. The van der Waals surface area contributed by atoms with Gasteiger partial charge in [-0.25, -0.2) is 0 Å². The lowest BCUT2D eigenvalue weighted by atomic mass is 9.72. The Bertz CT molecular complexity index is 834. The Hall–Kier alpha value is -2.09. The topological polar surface area (TPSA) is 26.3 Å². The van der Waals surface area contributed by atoms with Gasteiger partial charge in [-0.2, -0.15) is 0 Å². The predicted molar refractivity (Wildman–Crippen MR) is 101 cm³/mol. The number of benzene rings is 2. The number of carbonyl (C=O) groups is 1. The van der Waals surface area contributed by atoms with Gasteiger partial charge in [-0.3, -0.25) is 4.79 Å². The summed E-state index contributed by atoms with van der Waals surface area (Å²) in [7, 11) is 0. The van der Waals surface area contributed by atoms with Crippen LogP contribution in [-0.2, 0) is 21.4 Å². The summed E-state index contributed by atoms with van der Waals surface area (Å²) in [5, 5.41) is 0. The third kappa shape index (κ3) is 2.50. The Balaban J connectivity index is 1.96. The van der Waals surface area contributed by atoms with E-state index >= 15 is 0 Å². The molecule has 1 heterocycles. The summed E-state index contributed by atoms with van der Waals surface area (Å²) in [6.45, 7) is 7.20. The number of aryl methyl sites for hydroxylation is 1. The van der Waals surface area contributed by atoms with E-state index in [9.17, 15) is 4.79 Å². The van der Waals surface area contributed by atoms with E-state index in [1.807, 2.05) is 0 Å². The van der Waals surface area contributed by atoms with Crippen LogP contribution in [0.25, 0.3) is 11.1 Å². The fraction of sp³-hybridized carbons (Fsp3) is 0.435. The van der Waals surface area contributed by atoms with E-state index in [-0.39, 0.29) is 11.4 Å². The molecule has 1 unspecified atom stereocenters. The average Bonchev–Trinajstić information content (AvgIpc) is 2.74. The molecule has 1 aliphatic carbocycles.